The van der Waals surface area contributed by atoms with Crippen molar-refractivity contribution < 1.29 is 4.39 Å². The van der Waals surface area contributed by atoms with Crippen LogP contribution in [0, 0.1) is 17.4 Å². The van der Waals surface area contributed by atoms with E-state index in [1.165, 1.54) is 6.07 Å². The molecule has 100 valence electrons. The monoisotopic (exact) mass is 340 g/mol. The van der Waals surface area contributed by atoms with Gasteiger partial charge in [0.1, 0.15) is 16.3 Å². The SMILES string of the molecule is CCCc1[nH]c(-c2ccc(C)c(F)c2)nc(=S)c1Br. The van der Waals surface area contributed by atoms with Crippen molar-refractivity contribution in [3.63, 3.8) is 0 Å². The lowest BCUT2D eigenvalue weighted by Gasteiger charge is -2.08. The first kappa shape index (κ1) is 14.3. The van der Waals surface area contributed by atoms with Crippen LogP contribution in [0.3, 0.4) is 0 Å². The molecule has 0 aliphatic rings. The Morgan fingerprint density at radius 1 is 1.42 bits per heavy atom. The highest BCUT2D eigenvalue weighted by atomic mass is 79.9. The molecule has 0 atom stereocenters. The van der Waals surface area contributed by atoms with Crippen molar-refractivity contribution in [2.24, 2.45) is 0 Å². The molecule has 0 unspecified atom stereocenters. The average molecular weight is 341 g/mol. The van der Waals surface area contributed by atoms with Gasteiger partial charge in [-0.25, -0.2) is 9.37 Å². The van der Waals surface area contributed by atoms with E-state index in [0.29, 0.717) is 21.6 Å². The van der Waals surface area contributed by atoms with Crippen LogP contribution in [0.2, 0.25) is 0 Å². The molecule has 0 fully saturated rings. The van der Waals surface area contributed by atoms with Gasteiger partial charge < -0.3 is 4.98 Å². The van der Waals surface area contributed by atoms with Gasteiger partial charge in [0.25, 0.3) is 0 Å². The van der Waals surface area contributed by atoms with E-state index in [1.807, 2.05) is 6.07 Å². The number of rotatable bonds is 3. The molecule has 5 heteroatoms. The summed E-state index contributed by atoms with van der Waals surface area (Å²) in [6, 6.07) is 5.06. The van der Waals surface area contributed by atoms with Crippen LogP contribution in [-0.2, 0) is 6.42 Å². The highest BCUT2D eigenvalue weighted by Crippen LogP contribution is 2.23. The zero-order valence-electron chi connectivity index (χ0n) is 10.8. The Bertz CT molecular complexity index is 667. The van der Waals surface area contributed by atoms with Crippen LogP contribution in [0.5, 0.6) is 0 Å². The maximum absolute atomic E-state index is 13.6. The first-order valence-corrected chi connectivity index (χ1v) is 7.28. The van der Waals surface area contributed by atoms with Gasteiger partial charge in [-0.05, 0) is 40.9 Å². The first-order chi connectivity index (χ1) is 9.02. The quantitative estimate of drug-likeness (QED) is 0.799. The minimum atomic E-state index is -0.237. The number of hydrogen-bond donors (Lipinski definition) is 1. The Hall–Kier alpha value is -1.07. The Morgan fingerprint density at radius 3 is 2.79 bits per heavy atom. The van der Waals surface area contributed by atoms with Crippen molar-refractivity contribution in [2.75, 3.05) is 0 Å². The standard InChI is InChI=1S/C14H14BrFN2S/c1-3-4-11-12(15)14(19)18-13(17-11)9-6-5-8(2)10(16)7-9/h5-7H,3-4H2,1-2H3,(H,17,18,19). The smallest absolute Gasteiger partial charge is 0.144 e. The molecule has 1 N–H and O–H groups in total. The lowest BCUT2D eigenvalue weighted by atomic mass is 10.1. The van der Waals surface area contributed by atoms with Gasteiger partial charge in [-0.2, -0.15) is 0 Å². The predicted octanol–water partition coefficient (Wildman–Crippen LogP) is 4.97. The van der Waals surface area contributed by atoms with Crippen LogP contribution in [0.15, 0.2) is 22.7 Å². The molecule has 0 amide bonds. The molecule has 19 heavy (non-hydrogen) atoms. The Balaban J connectivity index is 2.56. The molecule has 1 aromatic heterocycles. The molecule has 1 aromatic carbocycles. The summed E-state index contributed by atoms with van der Waals surface area (Å²) in [7, 11) is 0. The molecule has 0 aliphatic carbocycles. The van der Waals surface area contributed by atoms with Gasteiger partial charge in [0, 0.05) is 11.3 Å². The zero-order valence-corrected chi connectivity index (χ0v) is 13.2. The summed E-state index contributed by atoms with van der Waals surface area (Å²) in [4.78, 5) is 7.53. The Kier molecular flexibility index (Phi) is 4.47. The molecule has 0 spiro atoms. The van der Waals surface area contributed by atoms with E-state index < -0.39 is 0 Å². The molecular weight excluding hydrogens is 327 g/mol. The number of halogens is 2. The third-order valence-electron chi connectivity index (χ3n) is 2.88. The normalized spacial score (nSPS) is 10.7. The van der Waals surface area contributed by atoms with Crippen molar-refractivity contribution in [3.8, 4) is 11.4 Å². The van der Waals surface area contributed by atoms with Crippen molar-refractivity contribution >= 4 is 28.1 Å². The number of hydrogen-bond acceptors (Lipinski definition) is 2. The van der Waals surface area contributed by atoms with Crippen LogP contribution >= 0.6 is 28.1 Å². The number of aromatic nitrogens is 2. The van der Waals surface area contributed by atoms with Crippen LogP contribution in [0.1, 0.15) is 24.6 Å². The van der Waals surface area contributed by atoms with Crippen molar-refractivity contribution in [1.82, 2.24) is 9.97 Å². The number of aryl methyl sites for hydroxylation is 2. The predicted molar refractivity (Wildman–Crippen MR) is 81.2 cm³/mol. The minimum Gasteiger partial charge on any atom is -0.342 e. The van der Waals surface area contributed by atoms with E-state index in [0.717, 1.165) is 23.0 Å². The van der Waals surface area contributed by atoms with Crippen LogP contribution < -0.4 is 0 Å². The van der Waals surface area contributed by atoms with Gasteiger partial charge in [0.2, 0.25) is 0 Å². The van der Waals surface area contributed by atoms with Gasteiger partial charge in [-0.1, -0.05) is 37.7 Å². The maximum atomic E-state index is 13.6. The molecule has 0 saturated heterocycles. The van der Waals surface area contributed by atoms with Crippen molar-refractivity contribution in [2.45, 2.75) is 26.7 Å². The molecule has 1 heterocycles. The fraction of sp³-hybridized carbons (Fsp3) is 0.286. The van der Waals surface area contributed by atoms with Crippen LogP contribution in [-0.4, -0.2) is 9.97 Å². The van der Waals surface area contributed by atoms with Gasteiger partial charge in [-0.3, -0.25) is 0 Å². The number of nitrogens with zero attached hydrogens (tertiary/aromatic N) is 1. The minimum absolute atomic E-state index is 0.237. The number of aromatic amines is 1. The summed E-state index contributed by atoms with van der Waals surface area (Å²) in [5.74, 6) is 0.370. The van der Waals surface area contributed by atoms with Gasteiger partial charge in [0.15, 0.2) is 0 Å². The molecular formula is C14H14BrFN2S. The highest BCUT2D eigenvalue weighted by molar-refractivity contribution is 9.10. The van der Waals surface area contributed by atoms with Gasteiger partial charge >= 0.3 is 0 Å². The third-order valence-corrected chi connectivity index (χ3v) is 4.29. The molecule has 2 rings (SSSR count). The Labute approximate surface area is 125 Å². The fourth-order valence-electron chi connectivity index (χ4n) is 1.80. The zero-order chi connectivity index (χ0) is 14.0. The molecule has 0 bridgehead atoms. The van der Waals surface area contributed by atoms with E-state index in [-0.39, 0.29) is 5.82 Å². The second-order valence-electron chi connectivity index (χ2n) is 4.40. The summed E-state index contributed by atoms with van der Waals surface area (Å²) < 4.78 is 14.9. The average Bonchev–Trinajstić information content (AvgIpc) is 2.38. The maximum Gasteiger partial charge on any atom is 0.144 e. The lowest BCUT2D eigenvalue weighted by Crippen LogP contribution is -1.99. The van der Waals surface area contributed by atoms with E-state index in [9.17, 15) is 4.39 Å². The topological polar surface area (TPSA) is 28.7 Å². The van der Waals surface area contributed by atoms with E-state index in [1.54, 1.807) is 13.0 Å². The number of H-pyrrole nitrogens is 1. The third kappa shape index (κ3) is 3.09. The van der Waals surface area contributed by atoms with Gasteiger partial charge in [0.05, 0.1) is 4.47 Å². The second-order valence-corrected chi connectivity index (χ2v) is 5.58. The summed E-state index contributed by atoms with van der Waals surface area (Å²) in [6.07, 6.45) is 1.86. The number of nitrogens with one attached hydrogen (secondary N) is 1. The summed E-state index contributed by atoms with van der Waals surface area (Å²) in [6.45, 7) is 3.83. The molecule has 0 aliphatic heterocycles. The summed E-state index contributed by atoms with van der Waals surface area (Å²) >= 11 is 8.67. The summed E-state index contributed by atoms with van der Waals surface area (Å²) in [5, 5.41) is 0. The summed E-state index contributed by atoms with van der Waals surface area (Å²) in [5.41, 5.74) is 2.32. The molecule has 0 radical (unpaired) electrons. The van der Waals surface area contributed by atoms with Crippen molar-refractivity contribution in [3.05, 3.63) is 44.4 Å². The molecule has 0 saturated carbocycles. The molecule has 2 aromatic rings. The van der Waals surface area contributed by atoms with Crippen LogP contribution in [0.25, 0.3) is 11.4 Å². The first-order valence-electron chi connectivity index (χ1n) is 6.08. The van der Waals surface area contributed by atoms with E-state index in [2.05, 4.69) is 32.8 Å². The lowest BCUT2D eigenvalue weighted by molar-refractivity contribution is 0.619. The van der Waals surface area contributed by atoms with Gasteiger partial charge in [-0.15, -0.1) is 0 Å². The second kappa shape index (κ2) is 5.92. The highest BCUT2D eigenvalue weighted by Gasteiger charge is 2.09. The largest absolute Gasteiger partial charge is 0.342 e. The number of benzene rings is 1. The van der Waals surface area contributed by atoms with E-state index in [4.69, 9.17) is 12.2 Å². The van der Waals surface area contributed by atoms with Crippen molar-refractivity contribution in [1.29, 1.82) is 0 Å². The van der Waals surface area contributed by atoms with Crippen LogP contribution in [0.4, 0.5) is 4.39 Å². The molecule has 2 nitrogen and oxygen atoms in total. The fourth-order valence-corrected chi connectivity index (χ4v) is 2.41. The Morgan fingerprint density at radius 2 is 2.16 bits per heavy atom. The van der Waals surface area contributed by atoms with E-state index >= 15 is 0 Å².